The van der Waals surface area contributed by atoms with Gasteiger partial charge in [-0.1, -0.05) is 84.9 Å². The van der Waals surface area contributed by atoms with E-state index in [1.54, 1.807) is 11.3 Å². The minimum Gasteiger partial charge on any atom is -0.309 e. The monoisotopic (exact) mass is 530 g/mol. The van der Waals surface area contributed by atoms with Gasteiger partial charge in [-0.2, -0.15) is 0 Å². The molecular formula is C35H22N4S. The topological polar surface area (TPSA) is 43.6 Å². The van der Waals surface area contributed by atoms with Crippen LogP contribution in [0.3, 0.4) is 0 Å². The molecule has 0 bridgehead atoms. The predicted molar refractivity (Wildman–Crippen MR) is 166 cm³/mol. The Morgan fingerprint density at radius 2 is 1.02 bits per heavy atom. The first-order valence-corrected chi connectivity index (χ1v) is 14.1. The molecule has 3 aromatic heterocycles. The molecule has 5 heteroatoms. The standard InChI is InChI=1S/C35H22N4S/c1-3-9-23(10-4-1)33-36-34(24-11-5-2-6-12-24)38-35(37-33)25-15-17-26(18-16-25)39-30-14-8-7-13-27(30)28-19-20-31-29(32(28)39)21-22-40-31/h1-22H. The van der Waals surface area contributed by atoms with Crippen molar-refractivity contribution in [2.45, 2.75) is 0 Å². The summed E-state index contributed by atoms with van der Waals surface area (Å²) in [5.74, 6) is 1.98. The molecule has 0 radical (unpaired) electrons. The van der Waals surface area contributed by atoms with Crippen molar-refractivity contribution in [1.29, 1.82) is 0 Å². The van der Waals surface area contributed by atoms with Crippen LogP contribution in [0.5, 0.6) is 0 Å². The maximum atomic E-state index is 4.90. The summed E-state index contributed by atoms with van der Waals surface area (Å²) >= 11 is 1.78. The Hall–Kier alpha value is -5.13. The predicted octanol–water partition coefficient (Wildman–Crippen LogP) is 9.18. The summed E-state index contributed by atoms with van der Waals surface area (Å²) in [5, 5.41) is 5.97. The van der Waals surface area contributed by atoms with Gasteiger partial charge in [0.05, 0.1) is 11.0 Å². The molecule has 0 saturated heterocycles. The van der Waals surface area contributed by atoms with E-state index in [9.17, 15) is 0 Å². The fourth-order valence-corrected chi connectivity index (χ4v) is 6.26. The van der Waals surface area contributed by atoms with Crippen LogP contribution in [0.15, 0.2) is 133 Å². The highest BCUT2D eigenvalue weighted by Gasteiger charge is 2.16. The molecule has 8 aromatic rings. The van der Waals surface area contributed by atoms with Crippen molar-refractivity contribution in [2.24, 2.45) is 0 Å². The molecule has 0 unspecified atom stereocenters. The van der Waals surface area contributed by atoms with Crippen molar-refractivity contribution in [3.05, 3.63) is 133 Å². The number of para-hydroxylation sites is 1. The van der Waals surface area contributed by atoms with Crippen molar-refractivity contribution >= 4 is 43.2 Å². The number of aromatic nitrogens is 4. The first kappa shape index (κ1) is 22.8. The number of benzene rings is 5. The van der Waals surface area contributed by atoms with Crippen molar-refractivity contribution in [1.82, 2.24) is 19.5 Å². The summed E-state index contributed by atoms with van der Waals surface area (Å²) in [7, 11) is 0. The highest BCUT2D eigenvalue weighted by Crippen LogP contribution is 2.38. The third kappa shape index (κ3) is 3.71. The zero-order valence-electron chi connectivity index (χ0n) is 21.4. The van der Waals surface area contributed by atoms with E-state index in [2.05, 4.69) is 76.7 Å². The molecule has 4 nitrogen and oxygen atoms in total. The number of rotatable bonds is 4. The lowest BCUT2D eigenvalue weighted by Gasteiger charge is -2.11. The molecule has 0 N–H and O–H groups in total. The summed E-state index contributed by atoms with van der Waals surface area (Å²) in [5.41, 5.74) is 6.42. The van der Waals surface area contributed by atoms with Gasteiger partial charge in [-0.3, -0.25) is 0 Å². The molecule has 0 saturated carbocycles. The number of hydrogen-bond donors (Lipinski definition) is 0. The van der Waals surface area contributed by atoms with Gasteiger partial charge >= 0.3 is 0 Å². The second-order valence-corrected chi connectivity index (χ2v) is 10.7. The lowest BCUT2D eigenvalue weighted by Crippen LogP contribution is -2.00. The molecule has 0 atom stereocenters. The third-order valence-electron chi connectivity index (χ3n) is 7.35. The molecule has 0 aliphatic heterocycles. The van der Waals surface area contributed by atoms with Crippen molar-refractivity contribution in [2.75, 3.05) is 0 Å². The summed E-state index contributed by atoms with van der Waals surface area (Å²) in [4.78, 5) is 14.6. The third-order valence-corrected chi connectivity index (χ3v) is 8.23. The molecule has 0 aliphatic rings. The summed E-state index contributed by atoms with van der Waals surface area (Å²) < 4.78 is 3.67. The van der Waals surface area contributed by atoms with E-state index in [1.807, 2.05) is 60.7 Å². The van der Waals surface area contributed by atoms with Crippen molar-refractivity contribution in [3.63, 3.8) is 0 Å². The zero-order valence-corrected chi connectivity index (χ0v) is 22.2. The maximum absolute atomic E-state index is 4.90. The Bertz CT molecular complexity index is 2090. The SMILES string of the molecule is c1ccc(-c2nc(-c3ccccc3)nc(-c3ccc(-n4c5ccccc5c5ccc6sccc6c54)cc3)n2)cc1. The van der Waals surface area contributed by atoms with Crippen LogP contribution in [0.1, 0.15) is 0 Å². The van der Waals surface area contributed by atoms with Gasteiger partial charge in [0.2, 0.25) is 0 Å². The van der Waals surface area contributed by atoms with Crippen LogP contribution in [-0.4, -0.2) is 19.5 Å². The Morgan fingerprint density at radius 1 is 0.450 bits per heavy atom. The Morgan fingerprint density at radius 3 is 1.68 bits per heavy atom. The summed E-state index contributed by atoms with van der Waals surface area (Å²) in [6.45, 7) is 0. The van der Waals surface area contributed by atoms with E-state index >= 15 is 0 Å². The molecule has 0 fully saturated rings. The minimum atomic E-state index is 0.654. The molecule has 8 rings (SSSR count). The number of fused-ring (bicyclic) bond motifs is 5. The van der Waals surface area contributed by atoms with Crippen LogP contribution < -0.4 is 0 Å². The smallest absolute Gasteiger partial charge is 0.164 e. The maximum Gasteiger partial charge on any atom is 0.164 e. The Balaban J connectivity index is 1.30. The number of hydrogen-bond acceptors (Lipinski definition) is 4. The second-order valence-electron chi connectivity index (χ2n) is 9.73. The van der Waals surface area contributed by atoms with Gasteiger partial charge in [0.15, 0.2) is 17.5 Å². The van der Waals surface area contributed by atoms with Crippen LogP contribution in [0.2, 0.25) is 0 Å². The first-order chi connectivity index (χ1) is 19.8. The van der Waals surface area contributed by atoms with Gasteiger partial charge in [-0.15, -0.1) is 11.3 Å². The average Bonchev–Trinajstić information content (AvgIpc) is 3.65. The largest absolute Gasteiger partial charge is 0.309 e. The highest BCUT2D eigenvalue weighted by atomic mass is 32.1. The molecule has 40 heavy (non-hydrogen) atoms. The molecule has 3 heterocycles. The van der Waals surface area contributed by atoms with E-state index in [-0.39, 0.29) is 0 Å². The van der Waals surface area contributed by atoms with Crippen LogP contribution in [0.4, 0.5) is 0 Å². The highest BCUT2D eigenvalue weighted by molar-refractivity contribution is 7.17. The van der Waals surface area contributed by atoms with E-state index in [0.29, 0.717) is 17.5 Å². The van der Waals surface area contributed by atoms with E-state index < -0.39 is 0 Å². The first-order valence-electron chi connectivity index (χ1n) is 13.2. The lowest BCUT2D eigenvalue weighted by molar-refractivity contribution is 1.07. The van der Waals surface area contributed by atoms with Gasteiger partial charge in [0.25, 0.3) is 0 Å². The molecule has 0 spiro atoms. The summed E-state index contributed by atoms with van der Waals surface area (Å²) in [6.07, 6.45) is 0. The normalized spacial score (nSPS) is 11.5. The lowest BCUT2D eigenvalue weighted by atomic mass is 10.1. The van der Waals surface area contributed by atoms with Crippen LogP contribution >= 0.6 is 11.3 Å². The number of nitrogens with zero attached hydrogens (tertiary/aromatic N) is 4. The van der Waals surface area contributed by atoms with Gasteiger partial charge < -0.3 is 4.57 Å². The number of thiophene rings is 1. The van der Waals surface area contributed by atoms with Gasteiger partial charge in [-0.25, -0.2) is 15.0 Å². The molecule has 0 aliphatic carbocycles. The van der Waals surface area contributed by atoms with Crippen molar-refractivity contribution < 1.29 is 0 Å². The molecule has 0 amide bonds. The molecule has 5 aromatic carbocycles. The summed E-state index contributed by atoms with van der Waals surface area (Å²) in [6, 6.07) is 44.1. The van der Waals surface area contributed by atoms with Crippen LogP contribution in [0, 0.1) is 0 Å². The van der Waals surface area contributed by atoms with E-state index in [4.69, 9.17) is 15.0 Å². The Kier molecular flexibility index (Phi) is 5.28. The van der Waals surface area contributed by atoms with E-state index in [0.717, 1.165) is 22.4 Å². The van der Waals surface area contributed by atoms with Crippen LogP contribution in [0.25, 0.3) is 71.7 Å². The fraction of sp³-hybridized carbons (Fsp3) is 0. The minimum absolute atomic E-state index is 0.654. The second kappa shape index (κ2) is 9.26. The van der Waals surface area contributed by atoms with E-state index in [1.165, 1.54) is 31.9 Å². The van der Waals surface area contributed by atoms with Crippen molar-refractivity contribution in [3.8, 4) is 39.9 Å². The fourth-order valence-electron chi connectivity index (χ4n) is 5.47. The molecular weight excluding hydrogens is 508 g/mol. The van der Waals surface area contributed by atoms with Crippen LogP contribution in [-0.2, 0) is 0 Å². The van der Waals surface area contributed by atoms with Gasteiger partial charge in [-0.05, 0) is 47.8 Å². The Labute approximate surface area is 234 Å². The van der Waals surface area contributed by atoms with Gasteiger partial charge in [0.1, 0.15) is 0 Å². The quantitative estimate of drug-likeness (QED) is 0.228. The average molecular weight is 531 g/mol. The zero-order chi connectivity index (χ0) is 26.5. The van der Waals surface area contributed by atoms with Gasteiger partial charge in [0, 0.05) is 43.2 Å². The molecule has 188 valence electrons.